The zero-order valence-corrected chi connectivity index (χ0v) is 12.8. The van der Waals surface area contributed by atoms with Gasteiger partial charge in [-0.2, -0.15) is 8.75 Å². The van der Waals surface area contributed by atoms with Crippen molar-refractivity contribution in [1.82, 2.24) is 14.1 Å². The van der Waals surface area contributed by atoms with Crippen molar-refractivity contribution < 1.29 is 4.79 Å². The maximum atomic E-state index is 12.5. The molecule has 0 spiro atoms. The first-order chi connectivity index (χ1) is 9.58. The molecular weight excluding hydrogens is 296 g/mol. The predicted molar refractivity (Wildman–Crippen MR) is 81.5 cm³/mol. The lowest BCUT2D eigenvalue weighted by Crippen LogP contribution is -2.41. The number of benzene rings is 1. The number of halogens is 1. The molecular formula is C13H15ClN4OS. The van der Waals surface area contributed by atoms with Gasteiger partial charge in [-0.1, -0.05) is 25.4 Å². The molecule has 1 aromatic carbocycles. The highest BCUT2D eigenvalue weighted by molar-refractivity contribution is 7.00. The van der Waals surface area contributed by atoms with Crippen molar-refractivity contribution in [2.45, 2.75) is 32.4 Å². The minimum Gasteiger partial charge on any atom is -0.308 e. The topological polar surface area (TPSA) is 58.1 Å². The van der Waals surface area contributed by atoms with E-state index >= 15 is 0 Å². The highest BCUT2D eigenvalue weighted by atomic mass is 35.5. The number of fused-ring (bicyclic) bond motifs is 1. The first-order valence-corrected chi connectivity index (χ1v) is 7.67. The van der Waals surface area contributed by atoms with Crippen LogP contribution in [0.5, 0.6) is 0 Å². The Morgan fingerprint density at radius 3 is 3.00 bits per heavy atom. The van der Waals surface area contributed by atoms with Crippen molar-refractivity contribution in [2.24, 2.45) is 0 Å². The number of hydrogen-bond donors (Lipinski definition) is 1. The van der Waals surface area contributed by atoms with Crippen LogP contribution in [0.15, 0.2) is 12.1 Å². The standard InChI is InChI=1S/C13H15ClN4OS/c1-7(2)15-10-5-6-18(13(10)19)12-8(14)3-4-9-11(12)17-20-16-9/h3-4,7,10,15H,5-6H2,1-2H3. The van der Waals surface area contributed by atoms with Gasteiger partial charge < -0.3 is 10.2 Å². The summed E-state index contributed by atoms with van der Waals surface area (Å²) in [5.74, 6) is 0.0566. The number of amides is 1. The van der Waals surface area contributed by atoms with Gasteiger partial charge in [0.15, 0.2) is 0 Å². The largest absolute Gasteiger partial charge is 0.308 e. The molecule has 1 saturated heterocycles. The zero-order chi connectivity index (χ0) is 14.3. The van der Waals surface area contributed by atoms with E-state index < -0.39 is 0 Å². The van der Waals surface area contributed by atoms with Crippen LogP contribution < -0.4 is 10.2 Å². The molecule has 1 aromatic heterocycles. The molecule has 106 valence electrons. The summed E-state index contributed by atoms with van der Waals surface area (Å²) in [4.78, 5) is 14.2. The van der Waals surface area contributed by atoms with Gasteiger partial charge in [-0.15, -0.1) is 0 Å². The second-order valence-electron chi connectivity index (χ2n) is 5.18. The molecule has 0 radical (unpaired) electrons. The Balaban J connectivity index is 1.98. The first kappa shape index (κ1) is 13.7. The number of hydrogen-bond acceptors (Lipinski definition) is 5. The van der Waals surface area contributed by atoms with Gasteiger partial charge in [0, 0.05) is 12.6 Å². The van der Waals surface area contributed by atoms with Gasteiger partial charge >= 0.3 is 0 Å². The van der Waals surface area contributed by atoms with E-state index in [1.165, 1.54) is 0 Å². The average Bonchev–Trinajstić information content (AvgIpc) is 2.98. The Labute approximate surface area is 126 Å². The van der Waals surface area contributed by atoms with Crippen molar-refractivity contribution in [3.8, 4) is 0 Å². The van der Waals surface area contributed by atoms with Crippen molar-refractivity contribution in [3.63, 3.8) is 0 Å². The third kappa shape index (κ3) is 2.28. The van der Waals surface area contributed by atoms with Crippen LogP contribution in [0.3, 0.4) is 0 Å². The van der Waals surface area contributed by atoms with Crippen LogP contribution in [-0.4, -0.2) is 33.3 Å². The number of anilines is 1. The van der Waals surface area contributed by atoms with Gasteiger partial charge in [-0.25, -0.2) is 0 Å². The molecule has 1 atom stereocenters. The molecule has 1 aliphatic heterocycles. The minimum atomic E-state index is -0.145. The fourth-order valence-electron chi connectivity index (χ4n) is 2.53. The van der Waals surface area contributed by atoms with Gasteiger partial charge in [0.25, 0.3) is 0 Å². The second-order valence-corrected chi connectivity index (χ2v) is 6.12. The molecule has 1 aliphatic rings. The molecule has 2 heterocycles. The fourth-order valence-corrected chi connectivity index (χ4v) is 3.32. The summed E-state index contributed by atoms with van der Waals surface area (Å²) in [5, 5.41) is 3.83. The fraction of sp³-hybridized carbons (Fsp3) is 0.462. The molecule has 2 aromatic rings. The van der Waals surface area contributed by atoms with E-state index in [0.717, 1.165) is 23.7 Å². The highest BCUT2D eigenvalue weighted by Crippen LogP contribution is 2.35. The van der Waals surface area contributed by atoms with Gasteiger partial charge in [-0.05, 0) is 18.6 Å². The molecule has 1 unspecified atom stereocenters. The van der Waals surface area contributed by atoms with Crippen LogP contribution >= 0.6 is 23.3 Å². The Bertz CT molecular complexity index is 657. The van der Waals surface area contributed by atoms with E-state index in [-0.39, 0.29) is 18.0 Å². The molecule has 3 rings (SSSR count). The van der Waals surface area contributed by atoms with Crippen LogP contribution in [0.25, 0.3) is 11.0 Å². The summed E-state index contributed by atoms with van der Waals surface area (Å²) in [6.07, 6.45) is 0.779. The second kappa shape index (κ2) is 5.27. The summed E-state index contributed by atoms with van der Waals surface area (Å²) >= 11 is 7.42. The number of aromatic nitrogens is 2. The van der Waals surface area contributed by atoms with Crippen LogP contribution in [-0.2, 0) is 4.79 Å². The molecule has 0 saturated carbocycles. The van der Waals surface area contributed by atoms with Crippen molar-refractivity contribution in [3.05, 3.63) is 17.2 Å². The predicted octanol–water partition coefficient (Wildman–Crippen LogP) is 2.45. The van der Waals surface area contributed by atoms with Crippen LogP contribution in [0.2, 0.25) is 5.02 Å². The lowest BCUT2D eigenvalue weighted by Gasteiger charge is -2.19. The van der Waals surface area contributed by atoms with Crippen molar-refractivity contribution in [2.75, 3.05) is 11.4 Å². The first-order valence-electron chi connectivity index (χ1n) is 6.56. The number of nitrogens with one attached hydrogen (secondary N) is 1. The summed E-state index contributed by atoms with van der Waals surface area (Å²) < 4.78 is 8.48. The van der Waals surface area contributed by atoms with E-state index in [9.17, 15) is 4.79 Å². The number of nitrogens with zero attached hydrogens (tertiary/aromatic N) is 3. The van der Waals surface area contributed by atoms with E-state index in [0.29, 0.717) is 22.8 Å². The molecule has 0 bridgehead atoms. The maximum absolute atomic E-state index is 12.5. The van der Waals surface area contributed by atoms with Crippen molar-refractivity contribution in [1.29, 1.82) is 0 Å². The molecule has 20 heavy (non-hydrogen) atoms. The van der Waals surface area contributed by atoms with E-state index in [1.54, 1.807) is 11.0 Å². The van der Waals surface area contributed by atoms with Gasteiger partial charge in [0.1, 0.15) is 11.0 Å². The Kier molecular flexibility index (Phi) is 3.62. The van der Waals surface area contributed by atoms with E-state index in [1.807, 2.05) is 19.9 Å². The van der Waals surface area contributed by atoms with Gasteiger partial charge in [0.2, 0.25) is 5.91 Å². The summed E-state index contributed by atoms with van der Waals surface area (Å²) in [5.41, 5.74) is 2.18. The van der Waals surface area contributed by atoms with Crippen molar-refractivity contribution >= 4 is 46.0 Å². The monoisotopic (exact) mass is 310 g/mol. The Hall–Kier alpha value is -1.24. The number of carbonyl (C=O) groups is 1. The third-order valence-electron chi connectivity index (χ3n) is 3.36. The lowest BCUT2D eigenvalue weighted by atomic mass is 10.2. The Morgan fingerprint density at radius 2 is 2.25 bits per heavy atom. The van der Waals surface area contributed by atoms with Crippen LogP contribution in [0, 0.1) is 0 Å². The molecule has 1 amide bonds. The quantitative estimate of drug-likeness (QED) is 0.946. The molecule has 5 nitrogen and oxygen atoms in total. The Morgan fingerprint density at radius 1 is 1.45 bits per heavy atom. The van der Waals surface area contributed by atoms with Crippen LogP contribution in [0.1, 0.15) is 20.3 Å². The normalized spacial score (nSPS) is 19.5. The third-order valence-corrected chi connectivity index (χ3v) is 4.21. The maximum Gasteiger partial charge on any atom is 0.244 e. The SMILES string of the molecule is CC(C)NC1CCN(c2c(Cl)ccc3nsnc23)C1=O. The summed E-state index contributed by atoms with van der Waals surface area (Å²) in [7, 11) is 0. The van der Waals surface area contributed by atoms with Gasteiger partial charge in [0.05, 0.1) is 28.5 Å². The molecule has 1 fully saturated rings. The molecule has 7 heteroatoms. The van der Waals surface area contributed by atoms with Gasteiger partial charge in [-0.3, -0.25) is 4.79 Å². The lowest BCUT2D eigenvalue weighted by molar-refractivity contribution is -0.118. The van der Waals surface area contributed by atoms with E-state index in [4.69, 9.17) is 11.6 Å². The molecule has 1 N–H and O–H groups in total. The summed E-state index contributed by atoms with van der Waals surface area (Å²) in [6, 6.07) is 3.73. The highest BCUT2D eigenvalue weighted by Gasteiger charge is 2.35. The average molecular weight is 311 g/mol. The zero-order valence-electron chi connectivity index (χ0n) is 11.3. The van der Waals surface area contributed by atoms with E-state index in [2.05, 4.69) is 14.1 Å². The molecule has 0 aliphatic carbocycles. The minimum absolute atomic E-state index is 0.0566. The smallest absolute Gasteiger partial charge is 0.244 e. The number of carbonyl (C=O) groups excluding carboxylic acids is 1. The van der Waals surface area contributed by atoms with Crippen LogP contribution in [0.4, 0.5) is 5.69 Å². The summed E-state index contributed by atoms with van der Waals surface area (Å²) in [6.45, 7) is 4.72. The number of rotatable bonds is 3.